The molecular weight excluding hydrogens is 264 g/mol. The van der Waals surface area contributed by atoms with Gasteiger partial charge in [-0.1, -0.05) is 6.92 Å². The largest absolute Gasteiger partial charge is 0.481 e. The Kier molecular flexibility index (Phi) is 3.94. The van der Waals surface area contributed by atoms with E-state index in [0.717, 1.165) is 4.88 Å². The second-order valence-corrected chi connectivity index (χ2v) is 5.99. The van der Waals surface area contributed by atoms with Gasteiger partial charge in [-0.2, -0.15) is 0 Å². The zero-order valence-electron chi connectivity index (χ0n) is 11.1. The molecule has 1 N–H and O–H groups in total. The quantitative estimate of drug-likeness (QED) is 0.907. The lowest BCUT2D eigenvalue weighted by Gasteiger charge is -2.08. The summed E-state index contributed by atoms with van der Waals surface area (Å²) in [4.78, 5) is 12.9. The summed E-state index contributed by atoms with van der Waals surface area (Å²) in [6, 6.07) is 2.06. The first-order valence-corrected chi connectivity index (χ1v) is 6.84. The number of tetrazole rings is 1. The Morgan fingerprint density at radius 2 is 2.26 bits per heavy atom. The number of rotatable bonds is 5. The summed E-state index contributed by atoms with van der Waals surface area (Å²) in [5, 5.41) is 20.5. The molecule has 0 aromatic carbocycles. The number of aliphatic carboxylic acids is 1. The number of hydrogen-bond donors (Lipinski definition) is 1. The van der Waals surface area contributed by atoms with E-state index in [1.165, 1.54) is 10.4 Å². The first kappa shape index (κ1) is 13.7. The van der Waals surface area contributed by atoms with Crippen molar-refractivity contribution in [2.75, 3.05) is 0 Å². The molecule has 6 nitrogen and oxygen atoms in total. The van der Waals surface area contributed by atoms with Crippen LogP contribution in [0.5, 0.6) is 0 Å². The molecule has 2 aromatic heterocycles. The van der Waals surface area contributed by atoms with Gasteiger partial charge in [-0.05, 0) is 41.8 Å². The lowest BCUT2D eigenvalue weighted by atomic mass is 10.1. The summed E-state index contributed by atoms with van der Waals surface area (Å²) in [6.07, 6.45) is 0.113. The van der Waals surface area contributed by atoms with Gasteiger partial charge in [-0.25, -0.2) is 4.68 Å². The van der Waals surface area contributed by atoms with Crippen LogP contribution in [0.2, 0.25) is 0 Å². The van der Waals surface area contributed by atoms with E-state index < -0.39 is 5.97 Å². The molecule has 0 saturated carbocycles. The van der Waals surface area contributed by atoms with Gasteiger partial charge < -0.3 is 5.11 Å². The fourth-order valence-electron chi connectivity index (χ4n) is 1.85. The molecule has 0 fully saturated rings. The monoisotopic (exact) mass is 280 g/mol. The molecule has 0 spiro atoms. The molecular formula is C12H16N4O2S. The van der Waals surface area contributed by atoms with Gasteiger partial charge in [0.2, 0.25) is 0 Å². The van der Waals surface area contributed by atoms with E-state index in [0.29, 0.717) is 12.4 Å². The van der Waals surface area contributed by atoms with Crippen LogP contribution in [0.25, 0.3) is 10.7 Å². The minimum atomic E-state index is -0.801. The Balaban J connectivity index is 2.20. The summed E-state index contributed by atoms with van der Waals surface area (Å²) in [5.41, 5.74) is 1.22. The van der Waals surface area contributed by atoms with Crippen LogP contribution in [-0.2, 0) is 11.3 Å². The third kappa shape index (κ3) is 3.17. The molecule has 2 rings (SSSR count). The Bertz CT molecular complexity index is 571. The van der Waals surface area contributed by atoms with E-state index in [-0.39, 0.29) is 12.3 Å². The van der Waals surface area contributed by atoms with Crippen LogP contribution in [0.15, 0.2) is 6.07 Å². The second kappa shape index (κ2) is 5.48. The van der Waals surface area contributed by atoms with Crippen molar-refractivity contribution in [2.45, 2.75) is 33.7 Å². The predicted molar refractivity (Wildman–Crippen MR) is 72.0 cm³/mol. The van der Waals surface area contributed by atoms with E-state index in [4.69, 9.17) is 5.11 Å². The molecule has 0 aliphatic heterocycles. The van der Waals surface area contributed by atoms with Crippen LogP contribution in [0, 0.1) is 19.8 Å². The molecule has 0 aliphatic rings. The number of carbonyl (C=O) groups is 1. The second-order valence-electron chi connectivity index (χ2n) is 4.74. The highest BCUT2D eigenvalue weighted by molar-refractivity contribution is 7.15. The lowest BCUT2D eigenvalue weighted by Crippen LogP contribution is -2.13. The smallest absolute Gasteiger partial charge is 0.303 e. The van der Waals surface area contributed by atoms with Crippen molar-refractivity contribution in [1.29, 1.82) is 0 Å². The molecule has 7 heteroatoms. The Hall–Kier alpha value is -1.76. The maximum atomic E-state index is 10.7. The maximum absolute atomic E-state index is 10.7. The number of aryl methyl sites for hydroxylation is 2. The number of nitrogens with zero attached hydrogens (tertiary/aromatic N) is 4. The van der Waals surface area contributed by atoms with Crippen molar-refractivity contribution in [1.82, 2.24) is 20.2 Å². The normalized spacial score (nSPS) is 12.6. The van der Waals surface area contributed by atoms with Crippen molar-refractivity contribution in [2.24, 2.45) is 5.92 Å². The van der Waals surface area contributed by atoms with Gasteiger partial charge in [0.05, 0.1) is 4.88 Å². The molecule has 2 heterocycles. The standard InChI is InChI=1S/C12H16N4O2S/c1-7(4-11(17)18)6-16-12(13-14-15-16)10-5-8(2)9(3)19-10/h5,7H,4,6H2,1-3H3,(H,17,18). The zero-order chi connectivity index (χ0) is 14.0. The molecule has 0 radical (unpaired) electrons. The first-order chi connectivity index (χ1) is 8.97. The fourth-order valence-corrected chi connectivity index (χ4v) is 2.87. The molecule has 0 saturated heterocycles. The van der Waals surface area contributed by atoms with Crippen LogP contribution in [0.3, 0.4) is 0 Å². The van der Waals surface area contributed by atoms with E-state index >= 15 is 0 Å². The predicted octanol–water partition coefficient (Wildman–Crippen LogP) is 2.13. The number of aromatic nitrogens is 4. The Morgan fingerprint density at radius 3 is 2.84 bits per heavy atom. The van der Waals surface area contributed by atoms with Crippen molar-refractivity contribution in [3.63, 3.8) is 0 Å². The van der Waals surface area contributed by atoms with Gasteiger partial charge in [0.25, 0.3) is 0 Å². The van der Waals surface area contributed by atoms with Crippen LogP contribution in [0.1, 0.15) is 23.8 Å². The highest BCUT2D eigenvalue weighted by Crippen LogP contribution is 2.29. The van der Waals surface area contributed by atoms with Crippen LogP contribution >= 0.6 is 11.3 Å². The number of hydrogen-bond acceptors (Lipinski definition) is 5. The number of carboxylic acids is 1. The van der Waals surface area contributed by atoms with Crippen molar-refractivity contribution in [3.8, 4) is 10.7 Å². The highest BCUT2D eigenvalue weighted by Gasteiger charge is 2.16. The van der Waals surface area contributed by atoms with Crippen LogP contribution in [-0.4, -0.2) is 31.3 Å². The maximum Gasteiger partial charge on any atom is 0.303 e. The molecule has 0 bridgehead atoms. The molecule has 19 heavy (non-hydrogen) atoms. The van der Waals surface area contributed by atoms with Crippen LogP contribution < -0.4 is 0 Å². The molecule has 2 aromatic rings. The summed E-state index contributed by atoms with van der Waals surface area (Å²) < 4.78 is 1.68. The SMILES string of the molecule is Cc1cc(-c2nnnn2CC(C)CC(=O)O)sc1C. The summed E-state index contributed by atoms with van der Waals surface area (Å²) in [6.45, 7) is 6.50. The topological polar surface area (TPSA) is 80.9 Å². The van der Waals surface area contributed by atoms with Crippen molar-refractivity contribution >= 4 is 17.3 Å². The van der Waals surface area contributed by atoms with Gasteiger partial charge in [0.15, 0.2) is 5.82 Å². The summed E-state index contributed by atoms with van der Waals surface area (Å²) in [5.74, 6) is -0.106. The van der Waals surface area contributed by atoms with Crippen molar-refractivity contribution in [3.05, 3.63) is 16.5 Å². The Labute approximate surface area is 115 Å². The van der Waals surface area contributed by atoms with Gasteiger partial charge in [-0.15, -0.1) is 16.4 Å². The zero-order valence-corrected chi connectivity index (χ0v) is 11.9. The fraction of sp³-hybridized carbons (Fsp3) is 0.500. The minimum absolute atomic E-state index is 0.0121. The molecule has 1 unspecified atom stereocenters. The molecule has 102 valence electrons. The van der Waals surface area contributed by atoms with Crippen molar-refractivity contribution < 1.29 is 9.90 Å². The first-order valence-electron chi connectivity index (χ1n) is 6.02. The average molecular weight is 280 g/mol. The average Bonchev–Trinajstić information content (AvgIpc) is 2.85. The van der Waals surface area contributed by atoms with E-state index in [2.05, 4.69) is 35.4 Å². The third-order valence-electron chi connectivity index (χ3n) is 2.93. The van der Waals surface area contributed by atoms with E-state index in [1.54, 1.807) is 16.0 Å². The molecule has 0 aliphatic carbocycles. The van der Waals surface area contributed by atoms with Gasteiger partial charge >= 0.3 is 5.97 Å². The minimum Gasteiger partial charge on any atom is -0.481 e. The summed E-state index contributed by atoms with van der Waals surface area (Å²) in [7, 11) is 0. The summed E-state index contributed by atoms with van der Waals surface area (Å²) >= 11 is 1.65. The molecule has 0 amide bonds. The van der Waals surface area contributed by atoms with Gasteiger partial charge in [-0.3, -0.25) is 4.79 Å². The number of carboxylic acid groups (broad SMARTS) is 1. The van der Waals surface area contributed by atoms with Crippen LogP contribution in [0.4, 0.5) is 0 Å². The van der Waals surface area contributed by atoms with E-state index in [9.17, 15) is 4.79 Å². The third-order valence-corrected chi connectivity index (χ3v) is 4.07. The molecule has 1 atom stereocenters. The Morgan fingerprint density at radius 1 is 1.53 bits per heavy atom. The number of thiophene rings is 1. The van der Waals surface area contributed by atoms with E-state index in [1.807, 2.05) is 6.92 Å². The lowest BCUT2D eigenvalue weighted by molar-refractivity contribution is -0.138. The van der Waals surface area contributed by atoms with Gasteiger partial charge in [0, 0.05) is 17.8 Å². The van der Waals surface area contributed by atoms with Gasteiger partial charge in [0.1, 0.15) is 0 Å². The highest BCUT2D eigenvalue weighted by atomic mass is 32.1.